The lowest BCUT2D eigenvalue weighted by Crippen LogP contribution is -1.86. The maximum Gasteiger partial charge on any atom is 0.123 e. The fourth-order valence-electron chi connectivity index (χ4n) is 1.88. The third-order valence-corrected chi connectivity index (χ3v) is 2.66. The molecule has 0 fully saturated rings. The van der Waals surface area contributed by atoms with E-state index in [-0.39, 0.29) is 0 Å². The summed E-state index contributed by atoms with van der Waals surface area (Å²) in [6, 6.07) is 9.65. The molecule has 1 N–H and O–H groups in total. The first-order valence-corrected chi connectivity index (χ1v) is 4.98. The lowest BCUT2D eigenvalue weighted by Gasteiger charge is -2.08. The van der Waals surface area contributed by atoms with E-state index in [0.29, 0.717) is 5.75 Å². The summed E-state index contributed by atoms with van der Waals surface area (Å²) in [5.74, 6) is 0.337. The van der Waals surface area contributed by atoms with Crippen LogP contribution in [0, 0.1) is 6.92 Å². The van der Waals surface area contributed by atoms with E-state index in [4.69, 9.17) is 0 Å². The predicted octanol–water partition coefficient (Wildman–Crippen LogP) is 3.89. The number of phenols is 1. The minimum atomic E-state index is 0.337. The first-order valence-electron chi connectivity index (χ1n) is 4.98. The van der Waals surface area contributed by atoms with Crippen molar-refractivity contribution in [3.63, 3.8) is 0 Å². The number of benzene rings is 2. The van der Waals surface area contributed by atoms with Crippen molar-refractivity contribution < 1.29 is 5.11 Å². The lowest BCUT2D eigenvalue weighted by atomic mass is 9.97. The summed E-state index contributed by atoms with van der Waals surface area (Å²) >= 11 is 0. The molecule has 1 nitrogen and oxygen atoms in total. The Morgan fingerprint density at radius 1 is 1.27 bits per heavy atom. The van der Waals surface area contributed by atoms with Gasteiger partial charge in [0.1, 0.15) is 5.75 Å². The van der Waals surface area contributed by atoms with Gasteiger partial charge in [0.15, 0.2) is 0 Å². The van der Waals surface area contributed by atoms with Crippen LogP contribution in [-0.4, -0.2) is 5.11 Å². The SMILES string of the molecule is C=C(C)c1cc2cccc(O)c2cc1C. The molecule has 0 aliphatic carbocycles. The monoisotopic (exact) mass is 198 g/mol. The van der Waals surface area contributed by atoms with E-state index in [1.807, 2.05) is 32.0 Å². The summed E-state index contributed by atoms with van der Waals surface area (Å²) in [5.41, 5.74) is 3.36. The normalized spacial score (nSPS) is 10.5. The van der Waals surface area contributed by atoms with Crippen molar-refractivity contribution in [2.24, 2.45) is 0 Å². The molecule has 1 heteroatoms. The molecule has 76 valence electrons. The van der Waals surface area contributed by atoms with Crippen molar-refractivity contribution in [1.29, 1.82) is 0 Å². The van der Waals surface area contributed by atoms with Gasteiger partial charge in [0.05, 0.1) is 0 Å². The zero-order valence-electron chi connectivity index (χ0n) is 9.04. The highest BCUT2D eigenvalue weighted by Gasteiger charge is 2.04. The van der Waals surface area contributed by atoms with Crippen molar-refractivity contribution in [1.82, 2.24) is 0 Å². The molecule has 0 unspecified atom stereocenters. The zero-order chi connectivity index (χ0) is 11.0. The lowest BCUT2D eigenvalue weighted by molar-refractivity contribution is 0.481. The number of allylic oxidation sites excluding steroid dienone is 1. The van der Waals surface area contributed by atoms with Gasteiger partial charge < -0.3 is 5.11 Å². The van der Waals surface area contributed by atoms with Gasteiger partial charge in [-0.05, 0) is 48.6 Å². The third kappa shape index (κ3) is 1.61. The van der Waals surface area contributed by atoms with Gasteiger partial charge in [-0.15, -0.1) is 0 Å². The van der Waals surface area contributed by atoms with Crippen LogP contribution in [0.5, 0.6) is 5.75 Å². The fraction of sp³-hybridized carbons (Fsp3) is 0.143. The Morgan fingerprint density at radius 2 is 2.00 bits per heavy atom. The van der Waals surface area contributed by atoms with Crippen molar-refractivity contribution in [3.05, 3.63) is 48.0 Å². The number of rotatable bonds is 1. The minimum Gasteiger partial charge on any atom is -0.507 e. The maximum atomic E-state index is 9.70. The molecule has 0 saturated carbocycles. The van der Waals surface area contributed by atoms with E-state index < -0.39 is 0 Å². The highest BCUT2D eigenvalue weighted by Crippen LogP contribution is 2.29. The smallest absolute Gasteiger partial charge is 0.123 e. The van der Waals surface area contributed by atoms with Gasteiger partial charge >= 0.3 is 0 Å². The number of hydrogen-bond donors (Lipinski definition) is 1. The van der Waals surface area contributed by atoms with Gasteiger partial charge in [0.2, 0.25) is 0 Å². The molecule has 2 rings (SSSR count). The molecule has 0 bridgehead atoms. The summed E-state index contributed by atoms with van der Waals surface area (Å²) < 4.78 is 0. The standard InChI is InChI=1S/C14H14O/c1-9(2)12-8-11-5-4-6-14(15)13(11)7-10(12)3/h4-8,15H,1H2,2-3H3. The second kappa shape index (κ2) is 3.43. The van der Waals surface area contributed by atoms with Crippen LogP contribution < -0.4 is 0 Å². The molecule has 0 radical (unpaired) electrons. The molecule has 15 heavy (non-hydrogen) atoms. The number of aryl methyl sites for hydroxylation is 1. The molecule has 0 aliphatic rings. The van der Waals surface area contributed by atoms with E-state index in [1.54, 1.807) is 6.07 Å². The van der Waals surface area contributed by atoms with Gasteiger partial charge in [-0.25, -0.2) is 0 Å². The highest BCUT2D eigenvalue weighted by atomic mass is 16.3. The number of aromatic hydroxyl groups is 1. The Labute approximate surface area is 89.7 Å². The average molecular weight is 198 g/mol. The summed E-state index contributed by atoms with van der Waals surface area (Å²) in [6.07, 6.45) is 0. The van der Waals surface area contributed by atoms with E-state index in [1.165, 1.54) is 0 Å². The predicted molar refractivity (Wildman–Crippen MR) is 65.1 cm³/mol. The van der Waals surface area contributed by atoms with Crippen molar-refractivity contribution in [3.8, 4) is 5.75 Å². The van der Waals surface area contributed by atoms with Crippen molar-refractivity contribution >= 4 is 16.3 Å². The Bertz CT molecular complexity index is 538. The summed E-state index contributed by atoms with van der Waals surface area (Å²) in [7, 11) is 0. The van der Waals surface area contributed by atoms with E-state index >= 15 is 0 Å². The van der Waals surface area contributed by atoms with Gasteiger partial charge in [-0.3, -0.25) is 0 Å². The largest absolute Gasteiger partial charge is 0.507 e. The summed E-state index contributed by atoms with van der Waals surface area (Å²) in [5, 5.41) is 11.7. The van der Waals surface area contributed by atoms with Crippen LogP contribution in [0.15, 0.2) is 36.9 Å². The van der Waals surface area contributed by atoms with Crippen LogP contribution in [0.2, 0.25) is 0 Å². The average Bonchev–Trinajstić information content (AvgIpc) is 2.18. The van der Waals surface area contributed by atoms with Gasteiger partial charge in [-0.1, -0.05) is 24.3 Å². The van der Waals surface area contributed by atoms with Crippen molar-refractivity contribution in [2.45, 2.75) is 13.8 Å². The Balaban J connectivity index is 2.82. The zero-order valence-corrected chi connectivity index (χ0v) is 9.04. The van der Waals surface area contributed by atoms with Crippen LogP contribution in [-0.2, 0) is 0 Å². The van der Waals surface area contributed by atoms with Crippen LogP contribution in [0.4, 0.5) is 0 Å². The van der Waals surface area contributed by atoms with Crippen molar-refractivity contribution in [2.75, 3.05) is 0 Å². The number of phenolic OH excluding ortho intramolecular Hbond substituents is 1. The Hall–Kier alpha value is -1.76. The fourth-order valence-corrected chi connectivity index (χ4v) is 1.88. The molecular weight excluding hydrogens is 184 g/mol. The molecule has 0 heterocycles. The molecular formula is C14H14O. The quantitative estimate of drug-likeness (QED) is 0.737. The molecule has 0 spiro atoms. The molecule has 0 saturated heterocycles. The number of hydrogen-bond acceptors (Lipinski definition) is 1. The summed E-state index contributed by atoms with van der Waals surface area (Å²) in [4.78, 5) is 0. The molecule has 0 aromatic heterocycles. The molecule has 0 amide bonds. The molecule has 2 aromatic rings. The first-order chi connectivity index (χ1) is 7.09. The Kier molecular flexibility index (Phi) is 2.24. The highest BCUT2D eigenvalue weighted by molar-refractivity contribution is 5.91. The van der Waals surface area contributed by atoms with Crippen LogP contribution in [0.25, 0.3) is 16.3 Å². The second-order valence-electron chi connectivity index (χ2n) is 3.95. The van der Waals surface area contributed by atoms with Gasteiger partial charge in [0.25, 0.3) is 0 Å². The van der Waals surface area contributed by atoms with E-state index in [2.05, 4.69) is 12.6 Å². The second-order valence-corrected chi connectivity index (χ2v) is 3.95. The molecule has 0 atom stereocenters. The van der Waals surface area contributed by atoms with E-state index in [0.717, 1.165) is 27.5 Å². The molecule has 0 aliphatic heterocycles. The van der Waals surface area contributed by atoms with E-state index in [9.17, 15) is 5.11 Å². The number of fused-ring (bicyclic) bond motifs is 1. The minimum absolute atomic E-state index is 0.337. The first kappa shape index (κ1) is 9.78. The third-order valence-electron chi connectivity index (χ3n) is 2.66. The molecule has 2 aromatic carbocycles. The summed E-state index contributed by atoms with van der Waals surface area (Å²) in [6.45, 7) is 7.99. The van der Waals surface area contributed by atoms with Crippen LogP contribution >= 0.6 is 0 Å². The van der Waals surface area contributed by atoms with Gasteiger partial charge in [0, 0.05) is 5.39 Å². The Morgan fingerprint density at radius 3 is 2.67 bits per heavy atom. The topological polar surface area (TPSA) is 20.2 Å². The maximum absolute atomic E-state index is 9.70. The van der Waals surface area contributed by atoms with Crippen LogP contribution in [0.3, 0.4) is 0 Å². The van der Waals surface area contributed by atoms with Gasteiger partial charge in [-0.2, -0.15) is 0 Å². The van der Waals surface area contributed by atoms with Crippen LogP contribution in [0.1, 0.15) is 18.1 Å².